The van der Waals surface area contributed by atoms with E-state index in [1.54, 1.807) is 4.90 Å². The van der Waals surface area contributed by atoms with Gasteiger partial charge in [-0.2, -0.15) is 0 Å². The Labute approximate surface area is 109 Å². The Morgan fingerprint density at radius 1 is 1.33 bits per heavy atom. The summed E-state index contributed by atoms with van der Waals surface area (Å²) in [6.45, 7) is 6.02. The first-order valence-electron chi connectivity index (χ1n) is 6.70. The summed E-state index contributed by atoms with van der Waals surface area (Å²) in [4.78, 5) is 14.2. The van der Waals surface area contributed by atoms with Crippen molar-refractivity contribution in [1.29, 1.82) is 0 Å². The number of carbonyl (C=O) groups is 1. The summed E-state index contributed by atoms with van der Waals surface area (Å²) in [7, 11) is 1.87. The second-order valence-electron chi connectivity index (χ2n) is 5.16. The van der Waals surface area contributed by atoms with Crippen molar-refractivity contribution >= 4 is 11.6 Å². The molecule has 3 heteroatoms. The number of rotatable bonds is 3. The zero-order chi connectivity index (χ0) is 13.1. The second-order valence-corrected chi connectivity index (χ2v) is 5.16. The molecule has 0 aromatic heterocycles. The Morgan fingerprint density at radius 3 is 2.50 bits per heavy atom. The van der Waals surface area contributed by atoms with E-state index in [4.69, 9.17) is 0 Å². The van der Waals surface area contributed by atoms with Crippen molar-refractivity contribution in [3.63, 3.8) is 0 Å². The van der Waals surface area contributed by atoms with Crippen LogP contribution in [0.15, 0.2) is 24.3 Å². The van der Waals surface area contributed by atoms with Crippen LogP contribution >= 0.6 is 0 Å². The minimum absolute atomic E-state index is 0.112. The van der Waals surface area contributed by atoms with Crippen molar-refractivity contribution in [3.05, 3.63) is 29.8 Å². The Balaban J connectivity index is 2.09. The smallest absolute Gasteiger partial charge is 0.231 e. The standard InChI is InChI=1S/C15H22N2O/c1-4-12-5-7-13(8-6-12)17(3)15(18)14-10-16-9-11(14)2/h5-8,11,14,16H,4,9-10H2,1-3H3/t11-,14-/m1/s1. The summed E-state index contributed by atoms with van der Waals surface area (Å²) in [6, 6.07) is 8.25. The first-order chi connectivity index (χ1) is 8.63. The summed E-state index contributed by atoms with van der Waals surface area (Å²) in [6.07, 6.45) is 1.03. The predicted octanol–water partition coefficient (Wildman–Crippen LogP) is 2.07. The average molecular weight is 246 g/mol. The van der Waals surface area contributed by atoms with Gasteiger partial charge in [-0.3, -0.25) is 4.79 Å². The highest BCUT2D eigenvalue weighted by Gasteiger charge is 2.31. The number of anilines is 1. The molecule has 0 aliphatic carbocycles. The Bertz CT molecular complexity index is 413. The molecule has 1 amide bonds. The van der Waals surface area contributed by atoms with Crippen LogP contribution in [0, 0.1) is 11.8 Å². The molecule has 1 heterocycles. The molecule has 18 heavy (non-hydrogen) atoms. The fourth-order valence-electron chi connectivity index (χ4n) is 2.47. The molecule has 0 unspecified atom stereocenters. The molecule has 0 saturated carbocycles. The minimum Gasteiger partial charge on any atom is -0.316 e. The maximum Gasteiger partial charge on any atom is 0.231 e. The van der Waals surface area contributed by atoms with E-state index in [0.717, 1.165) is 25.2 Å². The van der Waals surface area contributed by atoms with Gasteiger partial charge in [0, 0.05) is 19.3 Å². The monoisotopic (exact) mass is 246 g/mol. The summed E-state index contributed by atoms with van der Waals surface area (Å²) in [5.41, 5.74) is 2.28. The van der Waals surface area contributed by atoms with E-state index in [9.17, 15) is 4.79 Å². The van der Waals surface area contributed by atoms with Gasteiger partial charge in [-0.1, -0.05) is 26.0 Å². The van der Waals surface area contributed by atoms with Crippen molar-refractivity contribution in [3.8, 4) is 0 Å². The van der Waals surface area contributed by atoms with Gasteiger partial charge >= 0.3 is 0 Å². The number of amides is 1. The number of aryl methyl sites for hydroxylation is 1. The summed E-state index contributed by atoms with van der Waals surface area (Å²) >= 11 is 0. The normalized spacial score (nSPS) is 23.1. The van der Waals surface area contributed by atoms with E-state index in [2.05, 4.69) is 31.3 Å². The van der Waals surface area contributed by atoms with E-state index in [1.807, 2.05) is 19.2 Å². The minimum atomic E-state index is 0.112. The molecular weight excluding hydrogens is 224 g/mol. The number of carbonyl (C=O) groups excluding carboxylic acids is 1. The molecule has 0 radical (unpaired) electrons. The van der Waals surface area contributed by atoms with Crippen molar-refractivity contribution in [2.24, 2.45) is 11.8 Å². The van der Waals surface area contributed by atoms with Gasteiger partial charge in [0.15, 0.2) is 0 Å². The molecule has 2 atom stereocenters. The van der Waals surface area contributed by atoms with E-state index in [0.29, 0.717) is 5.92 Å². The van der Waals surface area contributed by atoms with Crippen LogP contribution in [-0.2, 0) is 11.2 Å². The lowest BCUT2D eigenvalue weighted by Gasteiger charge is -2.23. The van der Waals surface area contributed by atoms with Gasteiger partial charge in [0.05, 0.1) is 5.92 Å². The van der Waals surface area contributed by atoms with Crippen LogP contribution in [0.25, 0.3) is 0 Å². The second kappa shape index (κ2) is 5.53. The van der Waals surface area contributed by atoms with Gasteiger partial charge in [-0.15, -0.1) is 0 Å². The molecule has 3 nitrogen and oxygen atoms in total. The van der Waals surface area contributed by atoms with Crippen LogP contribution in [0.3, 0.4) is 0 Å². The third-order valence-corrected chi connectivity index (χ3v) is 3.90. The molecule has 2 rings (SSSR count). The van der Waals surface area contributed by atoms with Crippen molar-refractivity contribution in [2.45, 2.75) is 20.3 Å². The lowest BCUT2D eigenvalue weighted by molar-refractivity contribution is -0.122. The number of benzene rings is 1. The van der Waals surface area contributed by atoms with E-state index >= 15 is 0 Å². The number of hydrogen-bond acceptors (Lipinski definition) is 2. The first kappa shape index (κ1) is 13.1. The molecule has 0 bridgehead atoms. The molecule has 1 fully saturated rings. The molecule has 1 aromatic carbocycles. The van der Waals surface area contributed by atoms with E-state index < -0.39 is 0 Å². The first-order valence-corrected chi connectivity index (χ1v) is 6.70. The van der Waals surface area contributed by atoms with Gasteiger partial charge in [0.25, 0.3) is 0 Å². The van der Waals surface area contributed by atoms with E-state index in [1.165, 1.54) is 5.56 Å². The zero-order valence-corrected chi connectivity index (χ0v) is 11.4. The van der Waals surface area contributed by atoms with Crippen LogP contribution in [0.2, 0.25) is 0 Å². The molecule has 1 N–H and O–H groups in total. The lowest BCUT2D eigenvalue weighted by atomic mass is 9.96. The Hall–Kier alpha value is -1.35. The van der Waals surface area contributed by atoms with Crippen molar-refractivity contribution in [1.82, 2.24) is 5.32 Å². The van der Waals surface area contributed by atoms with Crippen LogP contribution in [0.4, 0.5) is 5.69 Å². The Morgan fingerprint density at radius 2 is 2.00 bits per heavy atom. The third kappa shape index (κ3) is 2.56. The fraction of sp³-hybridized carbons (Fsp3) is 0.533. The van der Waals surface area contributed by atoms with Gasteiger partial charge in [0.2, 0.25) is 5.91 Å². The summed E-state index contributed by atoms with van der Waals surface area (Å²) in [5, 5.41) is 3.28. The highest BCUT2D eigenvalue weighted by molar-refractivity contribution is 5.95. The Kier molecular flexibility index (Phi) is 4.02. The van der Waals surface area contributed by atoms with Crippen molar-refractivity contribution in [2.75, 3.05) is 25.0 Å². The molecular formula is C15H22N2O. The maximum atomic E-state index is 12.4. The highest BCUT2D eigenvalue weighted by Crippen LogP contribution is 2.22. The molecule has 1 aliphatic rings. The van der Waals surface area contributed by atoms with Crippen LogP contribution < -0.4 is 10.2 Å². The highest BCUT2D eigenvalue weighted by atomic mass is 16.2. The third-order valence-electron chi connectivity index (χ3n) is 3.90. The molecule has 1 aliphatic heterocycles. The van der Waals surface area contributed by atoms with E-state index in [-0.39, 0.29) is 11.8 Å². The summed E-state index contributed by atoms with van der Waals surface area (Å²) in [5.74, 6) is 0.757. The van der Waals surface area contributed by atoms with Crippen molar-refractivity contribution < 1.29 is 4.79 Å². The number of hydrogen-bond donors (Lipinski definition) is 1. The zero-order valence-electron chi connectivity index (χ0n) is 11.4. The maximum absolute atomic E-state index is 12.4. The molecule has 98 valence electrons. The SMILES string of the molecule is CCc1ccc(N(C)C(=O)[C@@H]2CNC[C@H]2C)cc1. The van der Waals surface area contributed by atoms with Crippen LogP contribution in [-0.4, -0.2) is 26.0 Å². The lowest BCUT2D eigenvalue weighted by Crippen LogP contribution is -2.36. The predicted molar refractivity (Wildman–Crippen MR) is 74.8 cm³/mol. The van der Waals surface area contributed by atoms with Crippen LogP contribution in [0.1, 0.15) is 19.4 Å². The van der Waals surface area contributed by atoms with Gasteiger partial charge < -0.3 is 10.2 Å². The topological polar surface area (TPSA) is 32.3 Å². The van der Waals surface area contributed by atoms with Gasteiger partial charge in [-0.05, 0) is 36.6 Å². The molecule has 1 saturated heterocycles. The van der Waals surface area contributed by atoms with Gasteiger partial charge in [-0.25, -0.2) is 0 Å². The molecule has 0 spiro atoms. The molecule has 1 aromatic rings. The van der Waals surface area contributed by atoms with Crippen LogP contribution in [0.5, 0.6) is 0 Å². The van der Waals surface area contributed by atoms with Gasteiger partial charge in [0.1, 0.15) is 0 Å². The quantitative estimate of drug-likeness (QED) is 0.885. The average Bonchev–Trinajstić information content (AvgIpc) is 2.83. The number of nitrogens with zero attached hydrogens (tertiary/aromatic N) is 1. The number of nitrogens with one attached hydrogen (secondary N) is 1. The summed E-state index contributed by atoms with van der Waals surface area (Å²) < 4.78 is 0. The fourth-order valence-corrected chi connectivity index (χ4v) is 2.47. The largest absolute Gasteiger partial charge is 0.316 e.